The van der Waals surface area contributed by atoms with E-state index in [0.717, 1.165) is 13.0 Å². The minimum absolute atomic E-state index is 0.477. The van der Waals surface area contributed by atoms with Gasteiger partial charge >= 0.3 is 5.97 Å². The van der Waals surface area contributed by atoms with Gasteiger partial charge in [-0.1, -0.05) is 12.5 Å². The second-order valence-electron chi connectivity index (χ2n) is 7.16. The molecule has 0 aliphatic heterocycles. The lowest BCUT2D eigenvalue weighted by Gasteiger charge is -2.31. The second kappa shape index (κ2) is 7.23. The number of aliphatic carboxylic acids is 1. The molecule has 4 heteroatoms. The Balaban J connectivity index is 1.86. The monoisotopic (exact) mass is 304 g/mol. The van der Waals surface area contributed by atoms with Gasteiger partial charge in [0, 0.05) is 23.9 Å². The van der Waals surface area contributed by atoms with Crippen molar-refractivity contribution in [1.82, 2.24) is 10.3 Å². The Labute approximate surface area is 133 Å². The van der Waals surface area contributed by atoms with Crippen LogP contribution in [-0.2, 0) is 4.79 Å². The predicted molar refractivity (Wildman–Crippen MR) is 88.0 cm³/mol. The van der Waals surface area contributed by atoms with Gasteiger partial charge in [-0.15, -0.1) is 0 Å². The fourth-order valence-electron chi connectivity index (χ4n) is 3.24. The van der Waals surface area contributed by atoms with E-state index in [4.69, 9.17) is 5.11 Å². The normalized spacial score (nSPS) is 22.5. The first-order valence-corrected chi connectivity index (χ1v) is 8.28. The van der Waals surface area contributed by atoms with Crippen LogP contribution < -0.4 is 5.32 Å². The standard InChI is InChI=1S/C18H28N2O2/c1-13-6-5-10-20-16(13)14-7-4-8-15(12-14)19-11-9-18(2,3)17(21)22/h5-6,10,14-15,19H,4,7-9,11-12H2,1-3H3,(H,21,22). The third-order valence-electron chi connectivity index (χ3n) is 4.87. The average molecular weight is 304 g/mol. The number of aryl methyl sites for hydroxylation is 1. The molecule has 1 aromatic rings. The van der Waals surface area contributed by atoms with Crippen LogP contribution in [0.3, 0.4) is 0 Å². The molecule has 4 nitrogen and oxygen atoms in total. The van der Waals surface area contributed by atoms with Gasteiger partial charge in [0.25, 0.3) is 0 Å². The largest absolute Gasteiger partial charge is 0.481 e. The maximum atomic E-state index is 11.1. The van der Waals surface area contributed by atoms with Crippen LogP contribution in [0.2, 0.25) is 0 Å². The molecule has 1 heterocycles. The van der Waals surface area contributed by atoms with Gasteiger partial charge in [-0.05, 0) is 64.6 Å². The molecule has 2 unspecified atom stereocenters. The van der Waals surface area contributed by atoms with Gasteiger partial charge < -0.3 is 10.4 Å². The molecule has 22 heavy (non-hydrogen) atoms. The average Bonchev–Trinajstić information content (AvgIpc) is 2.47. The fraction of sp³-hybridized carbons (Fsp3) is 0.667. The van der Waals surface area contributed by atoms with Crippen LogP contribution >= 0.6 is 0 Å². The van der Waals surface area contributed by atoms with E-state index in [1.54, 1.807) is 13.8 Å². The first kappa shape index (κ1) is 16.9. The number of nitrogens with zero attached hydrogens (tertiary/aromatic N) is 1. The molecular weight excluding hydrogens is 276 g/mol. The lowest BCUT2D eigenvalue weighted by Crippen LogP contribution is -2.37. The van der Waals surface area contributed by atoms with E-state index >= 15 is 0 Å². The third kappa shape index (κ3) is 4.29. The van der Waals surface area contributed by atoms with Crippen molar-refractivity contribution in [3.05, 3.63) is 29.6 Å². The zero-order chi connectivity index (χ0) is 16.2. The summed E-state index contributed by atoms with van der Waals surface area (Å²) in [5.74, 6) is -0.195. The molecule has 1 aliphatic rings. The van der Waals surface area contributed by atoms with Gasteiger partial charge in [0.2, 0.25) is 0 Å². The molecule has 2 rings (SSSR count). The summed E-state index contributed by atoms with van der Waals surface area (Å²) < 4.78 is 0. The Morgan fingerprint density at radius 1 is 1.45 bits per heavy atom. The van der Waals surface area contributed by atoms with Crippen molar-refractivity contribution in [2.24, 2.45) is 5.41 Å². The number of carboxylic acid groups (broad SMARTS) is 1. The van der Waals surface area contributed by atoms with E-state index in [9.17, 15) is 4.79 Å². The molecule has 0 bridgehead atoms. The number of nitrogens with one attached hydrogen (secondary N) is 1. The van der Waals surface area contributed by atoms with Crippen LogP contribution in [0.1, 0.15) is 63.1 Å². The summed E-state index contributed by atoms with van der Waals surface area (Å²) >= 11 is 0. The van der Waals surface area contributed by atoms with E-state index in [2.05, 4.69) is 23.3 Å². The second-order valence-corrected chi connectivity index (χ2v) is 7.16. The molecule has 0 aromatic carbocycles. The molecule has 2 N–H and O–H groups in total. The summed E-state index contributed by atoms with van der Waals surface area (Å²) in [4.78, 5) is 15.7. The van der Waals surface area contributed by atoms with Gasteiger partial charge in [-0.25, -0.2) is 0 Å². The zero-order valence-corrected chi connectivity index (χ0v) is 13.9. The highest BCUT2D eigenvalue weighted by atomic mass is 16.4. The van der Waals surface area contributed by atoms with E-state index in [0.29, 0.717) is 18.4 Å². The summed E-state index contributed by atoms with van der Waals surface area (Å²) in [5.41, 5.74) is 1.86. The van der Waals surface area contributed by atoms with Gasteiger partial charge in [0.1, 0.15) is 0 Å². The maximum Gasteiger partial charge on any atom is 0.309 e. The number of aromatic nitrogens is 1. The van der Waals surface area contributed by atoms with Gasteiger partial charge in [-0.2, -0.15) is 0 Å². The van der Waals surface area contributed by atoms with E-state index < -0.39 is 11.4 Å². The third-order valence-corrected chi connectivity index (χ3v) is 4.87. The number of rotatable bonds is 6. The highest BCUT2D eigenvalue weighted by Gasteiger charge is 2.28. The van der Waals surface area contributed by atoms with E-state index in [-0.39, 0.29) is 0 Å². The molecule has 0 radical (unpaired) electrons. The molecule has 0 spiro atoms. The molecule has 122 valence electrons. The van der Waals surface area contributed by atoms with E-state index in [1.165, 1.54) is 30.5 Å². The van der Waals surface area contributed by atoms with E-state index in [1.807, 2.05) is 12.3 Å². The Bertz CT molecular complexity index is 514. The number of pyridine rings is 1. The van der Waals surface area contributed by atoms with Crippen molar-refractivity contribution in [3.8, 4) is 0 Å². The summed E-state index contributed by atoms with van der Waals surface area (Å²) in [6, 6.07) is 4.60. The summed E-state index contributed by atoms with van der Waals surface area (Å²) in [5, 5.41) is 12.7. The molecule has 1 aliphatic carbocycles. The van der Waals surface area contributed by atoms with Gasteiger partial charge in [-0.3, -0.25) is 9.78 Å². The van der Waals surface area contributed by atoms with Crippen LogP contribution in [0, 0.1) is 12.3 Å². The number of hydrogen-bond donors (Lipinski definition) is 2. The molecule has 1 saturated carbocycles. The number of carboxylic acids is 1. The molecule has 2 atom stereocenters. The molecule has 1 aromatic heterocycles. The first-order chi connectivity index (χ1) is 10.4. The highest BCUT2D eigenvalue weighted by molar-refractivity contribution is 5.73. The highest BCUT2D eigenvalue weighted by Crippen LogP contribution is 2.33. The van der Waals surface area contributed by atoms with Crippen LogP contribution in [0.15, 0.2) is 18.3 Å². The van der Waals surface area contributed by atoms with Crippen molar-refractivity contribution in [2.45, 2.75) is 64.8 Å². The Morgan fingerprint density at radius 2 is 2.23 bits per heavy atom. The van der Waals surface area contributed by atoms with Crippen molar-refractivity contribution < 1.29 is 9.90 Å². The number of hydrogen-bond acceptors (Lipinski definition) is 3. The zero-order valence-electron chi connectivity index (χ0n) is 13.9. The molecular formula is C18H28N2O2. The Kier molecular flexibility index (Phi) is 5.57. The maximum absolute atomic E-state index is 11.1. The van der Waals surface area contributed by atoms with Crippen molar-refractivity contribution in [3.63, 3.8) is 0 Å². The Hall–Kier alpha value is -1.42. The van der Waals surface area contributed by atoms with Crippen LogP contribution in [0.25, 0.3) is 0 Å². The SMILES string of the molecule is Cc1cccnc1C1CCCC(NCCC(C)(C)C(=O)O)C1. The molecule has 0 saturated heterocycles. The number of carbonyl (C=O) groups is 1. The minimum atomic E-state index is -0.722. The van der Waals surface area contributed by atoms with Crippen molar-refractivity contribution in [1.29, 1.82) is 0 Å². The van der Waals surface area contributed by atoms with Gasteiger partial charge in [0.05, 0.1) is 5.41 Å². The van der Waals surface area contributed by atoms with Crippen molar-refractivity contribution >= 4 is 5.97 Å². The first-order valence-electron chi connectivity index (χ1n) is 8.28. The topological polar surface area (TPSA) is 62.2 Å². The van der Waals surface area contributed by atoms with Crippen molar-refractivity contribution in [2.75, 3.05) is 6.54 Å². The smallest absolute Gasteiger partial charge is 0.309 e. The quantitative estimate of drug-likeness (QED) is 0.844. The van der Waals surface area contributed by atoms with Crippen LogP contribution in [0.5, 0.6) is 0 Å². The summed E-state index contributed by atoms with van der Waals surface area (Å²) in [6.07, 6.45) is 7.24. The van der Waals surface area contributed by atoms with Crippen LogP contribution in [-0.4, -0.2) is 28.6 Å². The summed E-state index contributed by atoms with van der Waals surface area (Å²) in [6.45, 7) is 6.47. The van der Waals surface area contributed by atoms with Crippen LogP contribution in [0.4, 0.5) is 0 Å². The predicted octanol–water partition coefficient (Wildman–Crippen LogP) is 3.51. The fourth-order valence-corrected chi connectivity index (χ4v) is 3.24. The summed E-state index contributed by atoms with van der Waals surface area (Å²) in [7, 11) is 0. The molecule has 0 amide bonds. The lowest BCUT2D eigenvalue weighted by atomic mass is 9.82. The van der Waals surface area contributed by atoms with Gasteiger partial charge in [0.15, 0.2) is 0 Å². The molecule has 1 fully saturated rings. The lowest BCUT2D eigenvalue weighted by molar-refractivity contribution is -0.147. The Morgan fingerprint density at radius 3 is 2.91 bits per heavy atom. The minimum Gasteiger partial charge on any atom is -0.481 e.